The third-order valence-corrected chi connectivity index (χ3v) is 5.20. The first-order valence-corrected chi connectivity index (χ1v) is 10.5. The molecule has 3 amide bonds. The van der Waals surface area contributed by atoms with Crippen molar-refractivity contribution in [3.63, 3.8) is 0 Å². The van der Waals surface area contributed by atoms with Crippen LogP contribution in [0.25, 0.3) is 11.1 Å². The fraction of sp³-hybridized carbons (Fsp3) is 0.217. The summed E-state index contributed by atoms with van der Waals surface area (Å²) in [7, 11) is 0. The normalized spacial score (nSPS) is 11.6. The van der Waals surface area contributed by atoms with Crippen LogP contribution in [0.5, 0.6) is 0 Å². The van der Waals surface area contributed by atoms with Crippen LogP contribution in [0, 0.1) is 18.6 Å². The zero-order chi connectivity index (χ0) is 24.1. The zero-order valence-corrected chi connectivity index (χ0v) is 19.0. The quantitative estimate of drug-likeness (QED) is 0.520. The van der Waals surface area contributed by atoms with Gasteiger partial charge in [0.25, 0.3) is 5.91 Å². The molecule has 172 valence electrons. The van der Waals surface area contributed by atoms with Crippen LogP contribution in [0.2, 0.25) is 5.02 Å². The zero-order valence-electron chi connectivity index (χ0n) is 18.2. The van der Waals surface area contributed by atoms with Crippen molar-refractivity contribution in [1.82, 2.24) is 25.7 Å². The lowest BCUT2D eigenvalue weighted by Crippen LogP contribution is -2.51. The minimum absolute atomic E-state index is 0.0233. The number of hydrazine groups is 1. The van der Waals surface area contributed by atoms with Gasteiger partial charge < -0.3 is 5.32 Å². The summed E-state index contributed by atoms with van der Waals surface area (Å²) in [4.78, 5) is 33.1. The maximum absolute atomic E-state index is 14.8. The van der Waals surface area contributed by atoms with Gasteiger partial charge in [0.15, 0.2) is 0 Å². The highest BCUT2D eigenvalue weighted by molar-refractivity contribution is 6.33. The third-order valence-electron chi connectivity index (χ3n) is 4.82. The van der Waals surface area contributed by atoms with Gasteiger partial charge in [0.1, 0.15) is 11.6 Å². The Morgan fingerprint density at radius 3 is 2.58 bits per heavy atom. The van der Waals surface area contributed by atoms with E-state index in [9.17, 15) is 18.4 Å². The molecule has 10 heteroatoms. The van der Waals surface area contributed by atoms with Crippen molar-refractivity contribution in [3.8, 4) is 11.1 Å². The number of nitrogens with zero attached hydrogens (tertiary/aromatic N) is 3. The van der Waals surface area contributed by atoms with Gasteiger partial charge in [-0.1, -0.05) is 23.7 Å². The van der Waals surface area contributed by atoms with Crippen molar-refractivity contribution < 1.29 is 18.4 Å². The number of pyridine rings is 2. The highest BCUT2D eigenvalue weighted by atomic mass is 35.5. The van der Waals surface area contributed by atoms with Gasteiger partial charge >= 0.3 is 6.03 Å². The second kappa shape index (κ2) is 10.4. The molecule has 0 radical (unpaired) electrons. The molecule has 0 saturated heterocycles. The minimum Gasteiger partial charge on any atom is -0.328 e. The van der Waals surface area contributed by atoms with E-state index in [4.69, 9.17) is 11.6 Å². The van der Waals surface area contributed by atoms with Crippen LogP contribution >= 0.6 is 11.6 Å². The Kier molecular flexibility index (Phi) is 7.55. The fourth-order valence-corrected chi connectivity index (χ4v) is 3.35. The molecule has 2 N–H and O–H groups in total. The highest BCUT2D eigenvalue weighted by Gasteiger charge is 2.21. The largest absolute Gasteiger partial charge is 0.336 e. The number of hydrogen-bond acceptors (Lipinski definition) is 4. The summed E-state index contributed by atoms with van der Waals surface area (Å²) in [5.41, 5.74) is 4.18. The van der Waals surface area contributed by atoms with Crippen molar-refractivity contribution in [2.45, 2.75) is 26.8 Å². The van der Waals surface area contributed by atoms with Gasteiger partial charge in [-0.15, -0.1) is 0 Å². The predicted octanol–water partition coefficient (Wildman–Crippen LogP) is 4.82. The van der Waals surface area contributed by atoms with E-state index < -0.39 is 29.6 Å². The molecule has 1 atom stereocenters. The number of aryl methyl sites for hydroxylation is 1. The van der Waals surface area contributed by atoms with E-state index in [0.717, 1.165) is 10.6 Å². The summed E-state index contributed by atoms with van der Waals surface area (Å²) >= 11 is 5.97. The fourth-order valence-electron chi connectivity index (χ4n) is 3.11. The monoisotopic (exact) mass is 473 g/mol. The molecule has 2 aromatic heterocycles. The molecule has 0 aliphatic rings. The summed E-state index contributed by atoms with van der Waals surface area (Å²) in [5, 5.41) is 3.54. The van der Waals surface area contributed by atoms with Crippen LogP contribution in [0.15, 0.2) is 48.9 Å². The summed E-state index contributed by atoms with van der Waals surface area (Å²) in [5.74, 6) is -1.82. The molecular formula is C23H22ClF2N5O2. The molecule has 3 rings (SSSR count). The Hall–Kier alpha value is -3.59. The Labute approximate surface area is 194 Å². The maximum atomic E-state index is 14.8. The third kappa shape index (κ3) is 5.61. The van der Waals surface area contributed by atoms with Crippen molar-refractivity contribution >= 4 is 23.5 Å². The molecule has 0 spiro atoms. The molecule has 2 heterocycles. The molecule has 1 aromatic carbocycles. The van der Waals surface area contributed by atoms with Gasteiger partial charge in [0.05, 0.1) is 22.3 Å². The van der Waals surface area contributed by atoms with Crippen LogP contribution in [0.3, 0.4) is 0 Å². The predicted molar refractivity (Wildman–Crippen MR) is 120 cm³/mol. The topological polar surface area (TPSA) is 87.2 Å². The number of hydrogen-bond donors (Lipinski definition) is 2. The van der Waals surface area contributed by atoms with Gasteiger partial charge in [0, 0.05) is 36.3 Å². The van der Waals surface area contributed by atoms with Crippen molar-refractivity contribution in [2.24, 2.45) is 0 Å². The van der Waals surface area contributed by atoms with Crippen molar-refractivity contribution in [3.05, 3.63) is 82.4 Å². The Bertz CT molecular complexity index is 1190. The molecule has 0 aliphatic heterocycles. The summed E-state index contributed by atoms with van der Waals surface area (Å²) in [6, 6.07) is 5.58. The van der Waals surface area contributed by atoms with Crippen LogP contribution in [-0.4, -0.2) is 33.5 Å². The first-order valence-electron chi connectivity index (χ1n) is 10.1. The Morgan fingerprint density at radius 2 is 1.91 bits per heavy atom. The first kappa shape index (κ1) is 24.1. The van der Waals surface area contributed by atoms with E-state index in [1.807, 2.05) is 0 Å². The number of urea groups is 1. The van der Waals surface area contributed by atoms with Crippen molar-refractivity contribution in [2.75, 3.05) is 6.54 Å². The van der Waals surface area contributed by atoms with Gasteiger partial charge in [-0.25, -0.2) is 18.6 Å². The Balaban J connectivity index is 1.71. The molecule has 0 aliphatic carbocycles. The molecule has 7 nitrogen and oxygen atoms in total. The molecule has 0 fully saturated rings. The van der Waals surface area contributed by atoms with E-state index in [0.29, 0.717) is 16.7 Å². The Morgan fingerprint density at radius 1 is 1.15 bits per heavy atom. The molecule has 1 unspecified atom stereocenters. The maximum Gasteiger partial charge on any atom is 0.336 e. The van der Waals surface area contributed by atoms with Gasteiger partial charge in [-0.05, 0) is 44.5 Å². The van der Waals surface area contributed by atoms with E-state index in [-0.39, 0.29) is 17.3 Å². The van der Waals surface area contributed by atoms with E-state index in [1.54, 1.807) is 39.1 Å². The van der Waals surface area contributed by atoms with E-state index in [1.165, 1.54) is 30.6 Å². The second-order valence-corrected chi connectivity index (χ2v) is 7.68. The number of benzene rings is 1. The molecular weight excluding hydrogens is 452 g/mol. The molecule has 3 aromatic rings. The summed E-state index contributed by atoms with van der Waals surface area (Å²) in [6.45, 7) is 5.19. The number of halogens is 3. The number of nitrogens with one attached hydrogen (secondary N) is 2. The van der Waals surface area contributed by atoms with E-state index >= 15 is 0 Å². The number of carbonyl (C=O) groups excluding carboxylic acids is 2. The molecule has 0 saturated carbocycles. The number of aromatic nitrogens is 2. The number of carbonyl (C=O) groups is 2. The first-order chi connectivity index (χ1) is 15.7. The smallest absolute Gasteiger partial charge is 0.328 e. The molecule has 33 heavy (non-hydrogen) atoms. The number of rotatable bonds is 5. The number of amides is 3. The minimum atomic E-state index is -0.818. The van der Waals surface area contributed by atoms with Crippen LogP contribution in [0.4, 0.5) is 13.6 Å². The summed E-state index contributed by atoms with van der Waals surface area (Å²) < 4.78 is 28.5. The van der Waals surface area contributed by atoms with E-state index in [2.05, 4.69) is 20.7 Å². The average molecular weight is 474 g/mol. The van der Waals surface area contributed by atoms with Gasteiger partial charge in [-0.2, -0.15) is 0 Å². The van der Waals surface area contributed by atoms with Crippen LogP contribution in [-0.2, 0) is 0 Å². The van der Waals surface area contributed by atoms with Crippen LogP contribution in [0.1, 0.15) is 41.5 Å². The lowest BCUT2D eigenvalue weighted by Gasteiger charge is -2.24. The van der Waals surface area contributed by atoms with Gasteiger partial charge in [-0.3, -0.25) is 20.2 Å². The van der Waals surface area contributed by atoms with Crippen LogP contribution < -0.4 is 10.7 Å². The van der Waals surface area contributed by atoms with Gasteiger partial charge in [0.2, 0.25) is 0 Å². The van der Waals surface area contributed by atoms with Crippen molar-refractivity contribution in [1.29, 1.82) is 0 Å². The second-order valence-electron chi connectivity index (χ2n) is 7.30. The molecule has 0 bridgehead atoms. The highest BCUT2D eigenvalue weighted by Crippen LogP contribution is 2.30. The standard InChI is InChI=1S/C23H22ClF2N5O2/c1-4-31(30-22(32)16-8-13(2)10-27-11-16)23(33)29-14(3)21-19(26)9-15(12-28-21)17-6-5-7-18(25)20(17)24/h5-12,14H,4H2,1-3H3,(H,29,33)(H,30,32). The SMILES string of the molecule is CCN(NC(=O)c1cncc(C)c1)C(=O)NC(C)c1ncc(-c2cccc(F)c2Cl)cc1F. The average Bonchev–Trinajstić information content (AvgIpc) is 2.78. The summed E-state index contributed by atoms with van der Waals surface area (Å²) in [6.07, 6.45) is 4.35. The lowest BCUT2D eigenvalue weighted by molar-refractivity contribution is 0.0829. The lowest BCUT2D eigenvalue weighted by atomic mass is 10.1.